The van der Waals surface area contributed by atoms with Gasteiger partial charge in [0.2, 0.25) is 12.7 Å². The molecular weight excluding hydrogens is 351 g/mol. The number of hydrogen-bond acceptors (Lipinski definition) is 5. The van der Waals surface area contributed by atoms with Gasteiger partial charge in [-0.15, -0.1) is 0 Å². The fourth-order valence-corrected chi connectivity index (χ4v) is 3.51. The lowest BCUT2D eigenvalue weighted by Crippen LogP contribution is -2.45. The molecule has 6 nitrogen and oxygen atoms in total. The summed E-state index contributed by atoms with van der Waals surface area (Å²) in [6, 6.07) is 11.6. The van der Waals surface area contributed by atoms with Gasteiger partial charge in [-0.05, 0) is 42.7 Å². The second kappa shape index (κ2) is 7.17. The molecular formula is C20H21FN2O4. The van der Waals surface area contributed by atoms with E-state index in [1.54, 1.807) is 12.1 Å². The predicted molar refractivity (Wildman–Crippen MR) is 97.2 cm³/mol. The van der Waals surface area contributed by atoms with Crippen LogP contribution in [-0.4, -0.2) is 42.3 Å². The van der Waals surface area contributed by atoms with Gasteiger partial charge in [0, 0.05) is 13.1 Å². The molecule has 1 saturated heterocycles. The molecule has 2 aromatic rings. The molecule has 27 heavy (non-hydrogen) atoms. The van der Waals surface area contributed by atoms with Crippen molar-refractivity contribution in [3.8, 4) is 11.5 Å². The van der Waals surface area contributed by atoms with Crippen LogP contribution in [0, 0.1) is 5.82 Å². The van der Waals surface area contributed by atoms with Gasteiger partial charge in [0.25, 0.3) is 0 Å². The zero-order chi connectivity index (χ0) is 18.9. The number of fused-ring (bicyclic) bond motifs is 1. The summed E-state index contributed by atoms with van der Waals surface area (Å²) in [6.45, 7) is 1.49. The molecule has 142 valence electrons. The lowest BCUT2D eigenvalue weighted by Gasteiger charge is -2.38. The number of halogens is 1. The van der Waals surface area contributed by atoms with Crippen LogP contribution in [0.1, 0.15) is 18.4 Å². The van der Waals surface area contributed by atoms with E-state index in [4.69, 9.17) is 9.47 Å². The second-order valence-corrected chi connectivity index (χ2v) is 6.90. The molecule has 0 aliphatic carbocycles. The van der Waals surface area contributed by atoms with E-state index in [0.29, 0.717) is 37.4 Å². The Kier molecular flexibility index (Phi) is 4.72. The first-order valence-electron chi connectivity index (χ1n) is 8.93. The highest BCUT2D eigenvalue weighted by atomic mass is 19.1. The third-order valence-electron chi connectivity index (χ3n) is 5.11. The van der Waals surface area contributed by atoms with Gasteiger partial charge in [-0.3, -0.25) is 9.69 Å². The molecule has 0 aromatic heterocycles. The molecule has 0 spiro atoms. The third kappa shape index (κ3) is 3.74. The van der Waals surface area contributed by atoms with Gasteiger partial charge in [0.15, 0.2) is 11.5 Å². The molecule has 2 aliphatic rings. The number of carbonyl (C=O) groups excluding carboxylic acids is 1. The Labute approximate surface area is 156 Å². The van der Waals surface area contributed by atoms with Crippen molar-refractivity contribution in [3.05, 3.63) is 53.8 Å². The molecule has 2 N–H and O–H groups in total. The smallest absolute Gasteiger partial charge is 0.238 e. The molecule has 2 heterocycles. The van der Waals surface area contributed by atoms with Crippen LogP contribution in [0.4, 0.5) is 10.1 Å². The molecule has 4 rings (SSSR count). The van der Waals surface area contributed by atoms with Crippen LogP contribution < -0.4 is 14.8 Å². The molecule has 2 aromatic carbocycles. The molecule has 1 amide bonds. The zero-order valence-electron chi connectivity index (χ0n) is 14.8. The van der Waals surface area contributed by atoms with Gasteiger partial charge < -0.3 is 19.9 Å². The third-order valence-corrected chi connectivity index (χ3v) is 5.11. The van der Waals surface area contributed by atoms with Crippen LogP contribution >= 0.6 is 0 Å². The molecule has 2 aliphatic heterocycles. The van der Waals surface area contributed by atoms with E-state index >= 15 is 0 Å². The monoisotopic (exact) mass is 372 g/mol. The molecule has 0 saturated carbocycles. The standard InChI is InChI=1S/C20H21FN2O4/c21-15-3-1-2-4-16(15)22-19(24)12-23-9-7-20(25,8-10-23)14-5-6-17-18(11-14)27-13-26-17/h1-6,11,25H,7-10,12-13H2,(H,22,24). The first-order chi connectivity index (χ1) is 13.0. The van der Waals surface area contributed by atoms with E-state index < -0.39 is 11.4 Å². The van der Waals surface area contributed by atoms with Crippen molar-refractivity contribution in [2.45, 2.75) is 18.4 Å². The number of amides is 1. The van der Waals surface area contributed by atoms with Gasteiger partial charge >= 0.3 is 0 Å². The zero-order valence-corrected chi connectivity index (χ0v) is 14.8. The number of para-hydroxylation sites is 1. The van der Waals surface area contributed by atoms with Crippen molar-refractivity contribution in [2.24, 2.45) is 0 Å². The fraction of sp³-hybridized carbons (Fsp3) is 0.350. The number of nitrogens with one attached hydrogen (secondary N) is 1. The van der Waals surface area contributed by atoms with Crippen molar-refractivity contribution in [3.63, 3.8) is 0 Å². The Morgan fingerprint density at radius 3 is 2.67 bits per heavy atom. The topological polar surface area (TPSA) is 71.0 Å². The highest BCUT2D eigenvalue weighted by Crippen LogP contribution is 2.39. The lowest BCUT2D eigenvalue weighted by molar-refractivity contribution is -0.118. The Bertz CT molecular complexity index is 850. The minimum absolute atomic E-state index is 0.158. The Morgan fingerprint density at radius 2 is 1.89 bits per heavy atom. The van der Waals surface area contributed by atoms with Crippen LogP contribution in [0.2, 0.25) is 0 Å². The maximum atomic E-state index is 13.6. The van der Waals surface area contributed by atoms with Crippen molar-refractivity contribution in [1.29, 1.82) is 0 Å². The van der Waals surface area contributed by atoms with Crippen LogP contribution in [0.15, 0.2) is 42.5 Å². The molecule has 7 heteroatoms. The second-order valence-electron chi connectivity index (χ2n) is 6.90. The Morgan fingerprint density at radius 1 is 1.15 bits per heavy atom. The molecule has 0 unspecified atom stereocenters. The Balaban J connectivity index is 1.34. The largest absolute Gasteiger partial charge is 0.454 e. The van der Waals surface area contributed by atoms with E-state index in [1.807, 2.05) is 23.1 Å². The summed E-state index contributed by atoms with van der Waals surface area (Å²) in [4.78, 5) is 14.1. The SMILES string of the molecule is O=C(CN1CCC(O)(c2ccc3c(c2)OCO3)CC1)Nc1ccccc1F. The van der Waals surface area contributed by atoms with Crippen molar-refractivity contribution in [2.75, 3.05) is 31.7 Å². The predicted octanol–water partition coefficient (Wildman–Crippen LogP) is 2.48. The summed E-state index contributed by atoms with van der Waals surface area (Å²) in [5, 5.41) is 13.6. The van der Waals surface area contributed by atoms with Gasteiger partial charge in [0.1, 0.15) is 5.82 Å². The number of likely N-dealkylation sites (tertiary alicyclic amines) is 1. The summed E-state index contributed by atoms with van der Waals surface area (Å²) in [5.41, 5.74) is 0.0121. The quantitative estimate of drug-likeness (QED) is 0.863. The van der Waals surface area contributed by atoms with E-state index in [1.165, 1.54) is 12.1 Å². The lowest BCUT2D eigenvalue weighted by atomic mass is 9.84. The van der Waals surface area contributed by atoms with Crippen LogP contribution in [0.25, 0.3) is 0 Å². The number of benzene rings is 2. The summed E-state index contributed by atoms with van der Waals surface area (Å²) >= 11 is 0. The van der Waals surface area contributed by atoms with E-state index in [0.717, 1.165) is 5.56 Å². The van der Waals surface area contributed by atoms with Crippen LogP contribution in [0.5, 0.6) is 11.5 Å². The minimum atomic E-state index is -0.959. The molecule has 0 atom stereocenters. The number of nitrogens with zero attached hydrogens (tertiary/aromatic N) is 1. The van der Waals surface area contributed by atoms with Crippen molar-refractivity contribution in [1.82, 2.24) is 4.90 Å². The Hall–Kier alpha value is -2.64. The van der Waals surface area contributed by atoms with Gasteiger partial charge in [-0.2, -0.15) is 0 Å². The first kappa shape index (κ1) is 17.8. The van der Waals surface area contributed by atoms with E-state index in [2.05, 4.69) is 5.32 Å². The number of aliphatic hydroxyl groups is 1. The molecule has 0 radical (unpaired) electrons. The number of piperidine rings is 1. The maximum absolute atomic E-state index is 13.6. The van der Waals surface area contributed by atoms with Gasteiger partial charge in [0.05, 0.1) is 17.8 Å². The minimum Gasteiger partial charge on any atom is -0.454 e. The van der Waals surface area contributed by atoms with Crippen molar-refractivity contribution < 1.29 is 23.8 Å². The van der Waals surface area contributed by atoms with Gasteiger partial charge in [-0.25, -0.2) is 4.39 Å². The number of ether oxygens (including phenoxy) is 2. The molecule has 0 bridgehead atoms. The van der Waals surface area contributed by atoms with Crippen LogP contribution in [0.3, 0.4) is 0 Å². The summed E-state index contributed by atoms with van der Waals surface area (Å²) < 4.78 is 24.3. The fourth-order valence-electron chi connectivity index (χ4n) is 3.51. The van der Waals surface area contributed by atoms with E-state index in [-0.39, 0.29) is 24.9 Å². The number of carbonyl (C=O) groups is 1. The van der Waals surface area contributed by atoms with Crippen molar-refractivity contribution >= 4 is 11.6 Å². The number of hydrogen-bond donors (Lipinski definition) is 2. The van der Waals surface area contributed by atoms with Crippen LogP contribution in [-0.2, 0) is 10.4 Å². The summed E-state index contributed by atoms with van der Waals surface area (Å²) in [7, 11) is 0. The van der Waals surface area contributed by atoms with E-state index in [9.17, 15) is 14.3 Å². The summed E-state index contributed by atoms with van der Waals surface area (Å²) in [5.74, 6) is 0.604. The summed E-state index contributed by atoms with van der Waals surface area (Å²) in [6.07, 6.45) is 0.999. The highest BCUT2D eigenvalue weighted by Gasteiger charge is 2.35. The molecule has 1 fully saturated rings. The number of rotatable bonds is 4. The number of anilines is 1. The normalized spacial score (nSPS) is 18.3. The highest BCUT2D eigenvalue weighted by molar-refractivity contribution is 5.92. The van der Waals surface area contributed by atoms with Gasteiger partial charge in [-0.1, -0.05) is 18.2 Å². The average molecular weight is 372 g/mol. The average Bonchev–Trinajstić information content (AvgIpc) is 3.13. The maximum Gasteiger partial charge on any atom is 0.238 e. The first-order valence-corrected chi connectivity index (χ1v) is 8.93.